The van der Waals surface area contributed by atoms with Crippen molar-refractivity contribution in [1.82, 2.24) is 4.98 Å². The largest absolute Gasteiger partial charge is 0.306 e. The van der Waals surface area contributed by atoms with Crippen molar-refractivity contribution in [3.8, 4) is 0 Å². The molecule has 0 amide bonds. The summed E-state index contributed by atoms with van der Waals surface area (Å²) in [7, 11) is 0. The van der Waals surface area contributed by atoms with E-state index in [1.165, 1.54) is 17.8 Å². The van der Waals surface area contributed by atoms with Gasteiger partial charge in [0.15, 0.2) is 0 Å². The lowest BCUT2D eigenvalue weighted by Crippen LogP contribution is -1.91. The third kappa shape index (κ3) is 1.86. The molecule has 0 saturated carbocycles. The third-order valence-corrected chi connectivity index (χ3v) is 2.13. The van der Waals surface area contributed by atoms with Gasteiger partial charge in [0, 0.05) is 6.07 Å². The summed E-state index contributed by atoms with van der Waals surface area (Å²) in [5, 5.41) is 10.9. The Morgan fingerprint density at radius 3 is 2.75 bits per heavy atom. The highest BCUT2D eigenvalue weighted by Gasteiger charge is 2.12. The highest BCUT2D eigenvalue weighted by atomic mass is 35.5. The van der Waals surface area contributed by atoms with Crippen molar-refractivity contribution < 1.29 is 4.92 Å². The van der Waals surface area contributed by atoms with Gasteiger partial charge in [0.1, 0.15) is 0 Å². The van der Waals surface area contributed by atoms with E-state index in [1.807, 2.05) is 6.26 Å². The Morgan fingerprint density at radius 1 is 1.67 bits per heavy atom. The lowest BCUT2D eigenvalue weighted by Gasteiger charge is -1.96. The molecule has 1 rings (SSSR count). The minimum atomic E-state index is -0.556. The normalized spacial score (nSPS) is 9.83. The fourth-order valence-corrected chi connectivity index (χ4v) is 1.32. The first-order valence-electron chi connectivity index (χ1n) is 3.00. The van der Waals surface area contributed by atoms with Gasteiger partial charge in [0.05, 0.1) is 9.95 Å². The maximum absolute atomic E-state index is 10.3. The Morgan fingerprint density at radius 2 is 2.33 bits per heavy atom. The summed E-state index contributed by atoms with van der Waals surface area (Å²) in [6.45, 7) is 0. The van der Waals surface area contributed by atoms with Crippen molar-refractivity contribution in [2.45, 2.75) is 5.03 Å². The van der Waals surface area contributed by atoms with Gasteiger partial charge in [-0.15, -0.1) is 11.8 Å². The first-order chi connectivity index (χ1) is 5.65. The van der Waals surface area contributed by atoms with Crippen LogP contribution in [0.4, 0.5) is 5.69 Å². The predicted octanol–water partition coefficient (Wildman–Crippen LogP) is 2.37. The van der Waals surface area contributed by atoms with E-state index in [9.17, 15) is 10.1 Å². The molecule has 64 valence electrons. The number of nitrogens with zero attached hydrogens (tertiary/aromatic N) is 2. The van der Waals surface area contributed by atoms with Crippen LogP contribution in [-0.4, -0.2) is 16.2 Å². The van der Waals surface area contributed by atoms with Crippen LogP contribution in [-0.2, 0) is 0 Å². The van der Waals surface area contributed by atoms with Crippen molar-refractivity contribution in [1.29, 1.82) is 0 Å². The molecule has 0 fully saturated rings. The molecule has 6 heteroatoms. The van der Waals surface area contributed by atoms with Crippen molar-refractivity contribution in [2.75, 3.05) is 6.26 Å². The highest BCUT2D eigenvalue weighted by molar-refractivity contribution is 7.98. The molecule has 1 aromatic heterocycles. The quantitative estimate of drug-likeness (QED) is 0.321. The van der Waals surface area contributed by atoms with Gasteiger partial charge in [-0.05, 0) is 12.3 Å². The van der Waals surface area contributed by atoms with Gasteiger partial charge >= 0.3 is 5.69 Å². The Kier molecular flexibility index (Phi) is 2.88. The smallest absolute Gasteiger partial charge is 0.258 e. The molecule has 0 saturated heterocycles. The highest BCUT2D eigenvalue weighted by Crippen LogP contribution is 2.24. The number of aromatic nitrogens is 1. The van der Waals surface area contributed by atoms with Crippen LogP contribution in [0, 0.1) is 10.1 Å². The summed E-state index contributed by atoms with van der Waals surface area (Å²) in [6.07, 6.45) is 1.82. The molecule has 0 N–H and O–H groups in total. The lowest BCUT2D eigenvalue weighted by atomic mass is 10.4. The van der Waals surface area contributed by atoms with Crippen molar-refractivity contribution >= 4 is 29.1 Å². The van der Waals surface area contributed by atoms with E-state index in [0.717, 1.165) is 0 Å². The molecule has 0 bridgehead atoms. The van der Waals surface area contributed by atoms with E-state index in [1.54, 1.807) is 6.07 Å². The summed E-state index contributed by atoms with van der Waals surface area (Å²) < 4.78 is 0. The molecule has 0 spiro atoms. The van der Waals surface area contributed by atoms with Gasteiger partial charge in [-0.1, -0.05) is 11.6 Å². The number of pyridine rings is 1. The van der Waals surface area contributed by atoms with Crippen molar-refractivity contribution in [2.24, 2.45) is 0 Å². The number of hydrogen-bond donors (Lipinski definition) is 0. The molecule has 0 unspecified atom stereocenters. The molecule has 1 aromatic rings. The summed E-state index contributed by atoms with van der Waals surface area (Å²) in [5.74, 6) is 0. The van der Waals surface area contributed by atoms with Crippen LogP contribution in [0.25, 0.3) is 0 Å². The zero-order valence-corrected chi connectivity index (χ0v) is 7.72. The van der Waals surface area contributed by atoms with Gasteiger partial charge in [0.2, 0.25) is 5.15 Å². The van der Waals surface area contributed by atoms with Crippen LogP contribution in [0.3, 0.4) is 0 Å². The predicted molar refractivity (Wildman–Crippen MR) is 47.7 cm³/mol. The Balaban J connectivity index is 3.12. The van der Waals surface area contributed by atoms with Crippen LogP contribution in [0.5, 0.6) is 0 Å². The van der Waals surface area contributed by atoms with Gasteiger partial charge in [-0.25, -0.2) is 4.98 Å². The van der Waals surface area contributed by atoms with E-state index in [4.69, 9.17) is 11.6 Å². The molecule has 0 atom stereocenters. The van der Waals surface area contributed by atoms with Crippen LogP contribution < -0.4 is 0 Å². The number of thioether (sulfide) groups is 1. The zero-order valence-electron chi connectivity index (χ0n) is 6.15. The standard InChI is InChI=1S/C6H5ClN2O2S/c1-12-5-3-2-4(9(10)11)6(7)8-5/h2-3H,1H3. The molecule has 0 aliphatic carbocycles. The van der Waals surface area contributed by atoms with Crippen LogP contribution in [0.1, 0.15) is 0 Å². The minimum Gasteiger partial charge on any atom is -0.258 e. The molecule has 4 nitrogen and oxygen atoms in total. The topological polar surface area (TPSA) is 56.0 Å². The molecule has 0 aliphatic heterocycles. The first kappa shape index (κ1) is 9.28. The number of rotatable bonds is 2. The third-order valence-electron chi connectivity index (χ3n) is 1.21. The Hall–Kier alpha value is -0.810. The molecule has 12 heavy (non-hydrogen) atoms. The van der Waals surface area contributed by atoms with Crippen LogP contribution in [0.15, 0.2) is 17.2 Å². The van der Waals surface area contributed by atoms with E-state index in [-0.39, 0.29) is 10.8 Å². The summed E-state index contributed by atoms with van der Waals surface area (Å²) in [4.78, 5) is 13.5. The molecule has 0 aliphatic rings. The average Bonchev–Trinajstić information content (AvgIpc) is 2.03. The maximum atomic E-state index is 10.3. The molecule has 0 aromatic carbocycles. The minimum absolute atomic E-state index is 0.0631. The second-order valence-electron chi connectivity index (χ2n) is 1.92. The fourth-order valence-electron chi connectivity index (χ4n) is 0.660. The Bertz CT molecular complexity index is 318. The van der Waals surface area contributed by atoms with Gasteiger partial charge in [-0.3, -0.25) is 10.1 Å². The Labute approximate surface area is 78.1 Å². The van der Waals surface area contributed by atoms with Gasteiger partial charge in [-0.2, -0.15) is 0 Å². The molecule has 1 heterocycles. The van der Waals surface area contributed by atoms with Crippen molar-refractivity contribution in [3.05, 3.63) is 27.4 Å². The number of nitro groups is 1. The lowest BCUT2D eigenvalue weighted by molar-refractivity contribution is -0.385. The van der Waals surface area contributed by atoms with E-state index < -0.39 is 4.92 Å². The van der Waals surface area contributed by atoms with E-state index in [2.05, 4.69) is 4.98 Å². The van der Waals surface area contributed by atoms with Crippen molar-refractivity contribution in [3.63, 3.8) is 0 Å². The fraction of sp³-hybridized carbons (Fsp3) is 0.167. The summed E-state index contributed by atoms with van der Waals surface area (Å²) in [6, 6.07) is 2.91. The molecule has 0 radical (unpaired) electrons. The number of halogens is 1. The first-order valence-corrected chi connectivity index (χ1v) is 4.60. The second kappa shape index (κ2) is 3.73. The maximum Gasteiger partial charge on any atom is 0.306 e. The second-order valence-corrected chi connectivity index (χ2v) is 3.11. The van der Waals surface area contributed by atoms with E-state index in [0.29, 0.717) is 5.03 Å². The van der Waals surface area contributed by atoms with E-state index >= 15 is 0 Å². The van der Waals surface area contributed by atoms with Crippen LogP contribution >= 0.6 is 23.4 Å². The zero-order chi connectivity index (χ0) is 9.14. The van der Waals surface area contributed by atoms with Crippen LogP contribution in [0.2, 0.25) is 5.15 Å². The molecular formula is C6H5ClN2O2S. The van der Waals surface area contributed by atoms with Gasteiger partial charge < -0.3 is 0 Å². The summed E-state index contributed by atoms with van der Waals surface area (Å²) >= 11 is 6.92. The molecular weight excluding hydrogens is 200 g/mol. The van der Waals surface area contributed by atoms with Gasteiger partial charge in [0.25, 0.3) is 0 Å². The average molecular weight is 205 g/mol. The number of hydrogen-bond acceptors (Lipinski definition) is 4. The summed E-state index contributed by atoms with van der Waals surface area (Å²) in [5.41, 5.74) is -0.158. The SMILES string of the molecule is CSc1ccc([N+](=O)[O-])c(Cl)n1. The monoisotopic (exact) mass is 204 g/mol.